The Hall–Kier alpha value is -2.18. The summed E-state index contributed by atoms with van der Waals surface area (Å²) in [6, 6.07) is 9.88. The van der Waals surface area contributed by atoms with E-state index in [-0.39, 0.29) is 17.5 Å². The number of nitrogens with zero attached hydrogens (tertiary/aromatic N) is 1. The van der Waals surface area contributed by atoms with Crippen LogP contribution in [0.2, 0.25) is 0 Å². The molecule has 0 radical (unpaired) electrons. The van der Waals surface area contributed by atoms with Gasteiger partial charge in [0.05, 0.1) is 11.7 Å². The van der Waals surface area contributed by atoms with Crippen LogP contribution in [0, 0.1) is 0 Å². The van der Waals surface area contributed by atoms with Crippen molar-refractivity contribution in [1.29, 1.82) is 0 Å². The molecule has 0 saturated carbocycles. The van der Waals surface area contributed by atoms with Crippen LogP contribution in [-0.2, 0) is 0 Å². The summed E-state index contributed by atoms with van der Waals surface area (Å²) in [5.41, 5.74) is 0.489. The molecule has 0 bridgehead atoms. The third kappa shape index (κ3) is 3.49. The molecule has 2 unspecified atom stereocenters. The van der Waals surface area contributed by atoms with Gasteiger partial charge in [0, 0.05) is 23.0 Å². The van der Waals surface area contributed by atoms with Crippen LogP contribution in [0.4, 0.5) is 0 Å². The maximum absolute atomic E-state index is 12.8. The molecule has 2 N–H and O–H groups in total. The van der Waals surface area contributed by atoms with Gasteiger partial charge >= 0.3 is 5.97 Å². The fourth-order valence-corrected chi connectivity index (χ4v) is 3.88. The maximum atomic E-state index is 12.8. The van der Waals surface area contributed by atoms with E-state index >= 15 is 0 Å². The first-order valence-corrected chi connectivity index (χ1v) is 8.80. The molecule has 6 heteroatoms. The lowest BCUT2D eigenvalue weighted by atomic mass is 10.0. The molecule has 24 heavy (non-hydrogen) atoms. The largest absolute Gasteiger partial charge is 0.478 e. The normalized spacial score (nSPS) is 18.5. The smallest absolute Gasteiger partial charge is 0.335 e. The summed E-state index contributed by atoms with van der Waals surface area (Å²) in [4.78, 5) is 26.5. The highest BCUT2D eigenvalue weighted by molar-refractivity contribution is 7.10. The standard InChI is InChI=1S/C18H19NO4S/c20-15(16-7-3-9-24-16)11-14-6-2-8-19(14)17(21)12-4-1-5-13(10-12)18(22)23/h1,3-5,7,9-10,14-15,20H,2,6,8,11H2,(H,22,23). The van der Waals surface area contributed by atoms with Gasteiger partial charge in [-0.05, 0) is 48.9 Å². The van der Waals surface area contributed by atoms with Gasteiger partial charge in [0.2, 0.25) is 0 Å². The Morgan fingerprint density at radius 1 is 1.25 bits per heavy atom. The highest BCUT2D eigenvalue weighted by Crippen LogP contribution is 2.30. The molecular formula is C18H19NO4S. The van der Waals surface area contributed by atoms with E-state index in [4.69, 9.17) is 5.11 Å². The second kappa shape index (κ2) is 7.15. The molecule has 1 aromatic carbocycles. The number of carboxylic acids is 1. The van der Waals surface area contributed by atoms with Gasteiger partial charge in [-0.15, -0.1) is 11.3 Å². The average Bonchev–Trinajstić information content (AvgIpc) is 3.26. The quantitative estimate of drug-likeness (QED) is 0.872. The number of rotatable bonds is 5. The predicted molar refractivity (Wildman–Crippen MR) is 91.4 cm³/mol. The minimum Gasteiger partial charge on any atom is -0.478 e. The van der Waals surface area contributed by atoms with E-state index < -0.39 is 12.1 Å². The van der Waals surface area contributed by atoms with E-state index in [0.717, 1.165) is 17.7 Å². The molecule has 3 rings (SSSR count). The molecule has 1 aliphatic rings. The second-order valence-corrected chi connectivity index (χ2v) is 6.93. The van der Waals surface area contributed by atoms with Gasteiger partial charge in [0.15, 0.2) is 0 Å². The minimum atomic E-state index is -1.05. The molecule has 1 amide bonds. The van der Waals surface area contributed by atoms with Crippen LogP contribution in [0.5, 0.6) is 0 Å². The van der Waals surface area contributed by atoms with E-state index in [9.17, 15) is 14.7 Å². The van der Waals surface area contributed by atoms with Gasteiger partial charge in [0.1, 0.15) is 0 Å². The van der Waals surface area contributed by atoms with Crippen molar-refractivity contribution in [3.63, 3.8) is 0 Å². The predicted octanol–water partition coefficient (Wildman–Crippen LogP) is 3.17. The number of aromatic carboxylic acids is 1. The molecule has 1 saturated heterocycles. The number of carboxylic acid groups (broad SMARTS) is 1. The summed E-state index contributed by atoms with van der Waals surface area (Å²) < 4.78 is 0. The van der Waals surface area contributed by atoms with Crippen molar-refractivity contribution in [2.75, 3.05) is 6.54 Å². The Labute approximate surface area is 144 Å². The summed E-state index contributed by atoms with van der Waals surface area (Å²) in [5.74, 6) is -1.21. The topological polar surface area (TPSA) is 77.8 Å². The second-order valence-electron chi connectivity index (χ2n) is 5.95. The lowest BCUT2D eigenvalue weighted by Gasteiger charge is -2.26. The van der Waals surface area contributed by atoms with Crippen molar-refractivity contribution in [3.05, 3.63) is 57.8 Å². The summed E-state index contributed by atoms with van der Waals surface area (Å²) in [7, 11) is 0. The highest BCUT2D eigenvalue weighted by atomic mass is 32.1. The fraction of sp³-hybridized carbons (Fsp3) is 0.333. The van der Waals surface area contributed by atoms with Crippen molar-refractivity contribution in [2.45, 2.75) is 31.4 Å². The van der Waals surface area contributed by atoms with Gasteiger partial charge in [-0.25, -0.2) is 4.79 Å². The van der Waals surface area contributed by atoms with Gasteiger partial charge in [-0.3, -0.25) is 4.79 Å². The van der Waals surface area contributed by atoms with Gasteiger partial charge in [0.25, 0.3) is 5.91 Å². The fourth-order valence-electron chi connectivity index (χ4n) is 3.15. The van der Waals surface area contributed by atoms with E-state index in [2.05, 4.69) is 0 Å². The average molecular weight is 345 g/mol. The van der Waals surface area contributed by atoms with Crippen LogP contribution in [0.3, 0.4) is 0 Å². The third-order valence-corrected chi connectivity index (χ3v) is 5.33. The maximum Gasteiger partial charge on any atom is 0.335 e. The highest BCUT2D eigenvalue weighted by Gasteiger charge is 2.31. The number of aliphatic hydroxyl groups excluding tert-OH is 1. The molecular weight excluding hydrogens is 326 g/mol. The molecule has 0 spiro atoms. The number of thiophene rings is 1. The van der Waals surface area contributed by atoms with Crippen molar-refractivity contribution in [3.8, 4) is 0 Å². The molecule has 126 valence electrons. The first-order valence-electron chi connectivity index (χ1n) is 7.92. The van der Waals surface area contributed by atoms with Crippen molar-refractivity contribution >= 4 is 23.2 Å². The molecule has 2 aromatic rings. The number of benzene rings is 1. The van der Waals surface area contributed by atoms with E-state index in [1.165, 1.54) is 23.5 Å². The van der Waals surface area contributed by atoms with Crippen LogP contribution in [-0.4, -0.2) is 39.6 Å². The number of hydrogen-bond acceptors (Lipinski definition) is 4. The van der Waals surface area contributed by atoms with Gasteiger partial charge < -0.3 is 15.1 Å². The van der Waals surface area contributed by atoms with Crippen LogP contribution in [0.25, 0.3) is 0 Å². The number of likely N-dealkylation sites (tertiary alicyclic amines) is 1. The van der Waals surface area contributed by atoms with Gasteiger partial charge in [-0.2, -0.15) is 0 Å². The molecule has 1 fully saturated rings. The molecule has 2 heterocycles. The van der Waals surface area contributed by atoms with E-state index in [1.807, 2.05) is 17.5 Å². The monoisotopic (exact) mass is 345 g/mol. The first kappa shape index (κ1) is 16.7. The number of amides is 1. The number of aliphatic hydroxyl groups is 1. The zero-order chi connectivity index (χ0) is 17.1. The molecule has 5 nitrogen and oxygen atoms in total. The van der Waals surface area contributed by atoms with E-state index in [1.54, 1.807) is 17.0 Å². The van der Waals surface area contributed by atoms with Crippen LogP contribution in [0.1, 0.15) is 51.0 Å². The Bertz CT molecular complexity index is 728. The SMILES string of the molecule is O=C(O)c1cccc(C(=O)N2CCCC2CC(O)c2cccs2)c1. The Kier molecular flexibility index (Phi) is 4.97. The molecule has 0 aliphatic carbocycles. The lowest BCUT2D eigenvalue weighted by molar-refractivity contribution is 0.0670. The van der Waals surface area contributed by atoms with Crippen molar-refractivity contribution in [1.82, 2.24) is 4.90 Å². The molecule has 1 aromatic heterocycles. The van der Waals surface area contributed by atoms with Gasteiger partial charge in [-0.1, -0.05) is 12.1 Å². The summed E-state index contributed by atoms with van der Waals surface area (Å²) in [6.45, 7) is 0.637. The summed E-state index contributed by atoms with van der Waals surface area (Å²) in [5, 5.41) is 21.4. The van der Waals surface area contributed by atoms with E-state index in [0.29, 0.717) is 18.5 Å². The zero-order valence-electron chi connectivity index (χ0n) is 13.1. The Morgan fingerprint density at radius 2 is 2.04 bits per heavy atom. The molecule has 1 aliphatic heterocycles. The van der Waals surface area contributed by atoms with Crippen LogP contribution in [0.15, 0.2) is 41.8 Å². The Morgan fingerprint density at radius 3 is 2.75 bits per heavy atom. The number of hydrogen-bond donors (Lipinski definition) is 2. The number of carbonyl (C=O) groups excluding carboxylic acids is 1. The number of carbonyl (C=O) groups is 2. The third-order valence-electron chi connectivity index (χ3n) is 4.36. The lowest BCUT2D eigenvalue weighted by Crippen LogP contribution is -2.36. The van der Waals surface area contributed by atoms with Crippen LogP contribution >= 0.6 is 11.3 Å². The zero-order valence-corrected chi connectivity index (χ0v) is 13.9. The van der Waals surface area contributed by atoms with Crippen molar-refractivity contribution in [2.24, 2.45) is 0 Å². The van der Waals surface area contributed by atoms with Crippen LogP contribution < -0.4 is 0 Å². The summed E-state index contributed by atoms with van der Waals surface area (Å²) >= 11 is 1.51. The summed E-state index contributed by atoms with van der Waals surface area (Å²) in [6.07, 6.45) is 1.68. The van der Waals surface area contributed by atoms with Crippen molar-refractivity contribution < 1.29 is 19.8 Å². The first-order chi connectivity index (χ1) is 11.6. The Balaban J connectivity index is 1.74. The minimum absolute atomic E-state index is 0.0249. The molecule has 2 atom stereocenters.